The second-order valence-corrected chi connectivity index (χ2v) is 19.2. The zero-order valence-electron chi connectivity index (χ0n) is 45.8. The lowest BCUT2D eigenvalue weighted by Crippen LogP contribution is -2.30. The van der Waals surface area contributed by atoms with Crippen molar-refractivity contribution in [2.75, 3.05) is 13.2 Å². The maximum absolute atomic E-state index is 12.9. The molecule has 0 aromatic heterocycles. The molecule has 0 radical (unpaired) electrons. The first-order valence-corrected chi connectivity index (χ1v) is 29.2. The summed E-state index contributed by atoms with van der Waals surface area (Å²) < 4.78 is 16.8. The summed E-state index contributed by atoms with van der Waals surface area (Å²) >= 11 is 0. The van der Waals surface area contributed by atoms with E-state index in [1.165, 1.54) is 89.9 Å². The monoisotopic (exact) mass is 973 g/mol. The van der Waals surface area contributed by atoms with E-state index in [1.54, 1.807) is 0 Å². The number of ether oxygens (including phenoxy) is 3. The Morgan fingerprint density at radius 2 is 0.586 bits per heavy atom. The van der Waals surface area contributed by atoms with Gasteiger partial charge >= 0.3 is 17.9 Å². The lowest BCUT2D eigenvalue weighted by molar-refractivity contribution is -0.167. The zero-order valence-corrected chi connectivity index (χ0v) is 45.8. The highest BCUT2D eigenvalue weighted by molar-refractivity contribution is 5.71. The molecule has 400 valence electrons. The normalized spacial score (nSPS) is 12.8. The lowest BCUT2D eigenvalue weighted by Gasteiger charge is -2.18. The third kappa shape index (κ3) is 55.3. The van der Waals surface area contributed by atoms with Crippen molar-refractivity contribution in [1.82, 2.24) is 0 Å². The van der Waals surface area contributed by atoms with Crippen molar-refractivity contribution in [3.05, 3.63) is 97.2 Å². The molecule has 0 aromatic carbocycles. The van der Waals surface area contributed by atoms with Gasteiger partial charge in [0.25, 0.3) is 0 Å². The molecule has 0 aliphatic heterocycles. The van der Waals surface area contributed by atoms with Crippen LogP contribution in [0.15, 0.2) is 97.2 Å². The molecule has 6 nitrogen and oxygen atoms in total. The molecular formula is C64H108O6. The number of carbonyl (C=O) groups excluding carboxylic acids is 3. The second-order valence-electron chi connectivity index (χ2n) is 19.2. The van der Waals surface area contributed by atoms with Crippen molar-refractivity contribution in [2.24, 2.45) is 0 Å². The van der Waals surface area contributed by atoms with Gasteiger partial charge in [-0.05, 0) is 96.3 Å². The SMILES string of the molecule is CC/C=C\C/C=C\C/C=C\C/C=C\C/C=C\C/C=C\CCCCCCC(=O)OCC(COC(=O)CCCCCCC/C=C\C/C=C\CCC)OC(=O)CCCCCCCCCCCCCCCCCC. The first-order valence-electron chi connectivity index (χ1n) is 29.2. The third-order valence-corrected chi connectivity index (χ3v) is 12.3. The van der Waals surface area contributed by atoms with Crippen LogP contribution in [-0.2, 0) is 28.6 Å². The van der Waals surface area contributed by atoms with Crippen molar-refractivity contribution in [2.45, 2.75) is 277 Å². The summed E-state index contributed by atoms with van der Waals surface area (Å²) in [6.45, 7) is 6.44. The summed E-state index contributed by atoms with van der Waals surface area (Å²) in [6, 6.07) is 0. The summed E-state index contributed by atoms with van der Waals surface area (Å²) in [7, 11) is 0. The highest BCUT2D eigenvalue weighted by atomic mass is 16.6. The molecule has 0 aliphatic rings. The molecule has 0 rings (SSSR count). The highest BCUT2D eigenvalue weighted by Gasteiger charge is 2.19. The van der Waals surface area contributed by atoms with Crippen molar-refractivity contribution in [3.8, 4) is 0 Å². The molecule has 0 N–H and O–H groups in total. The van der Waals surface area contributed by atoms with Gasteiger partial charge in [0.15, 0.2) is 6.10 Å². The van der Waals surface area contributed by atoms with E-state index in [1.807, 2.05) is 0 Å². The van der Waals surface area contributed by atoms with E-state index in [-0.39, 0.29) is 31.1 Å². The van der Waals surface area contributed by atoms with Gasteiger partial charge < -0.3 is 14.2 Å². The van der Waals surface area contributed by atoms with E-state index in [4.69, 9.17) is 14.2 Å². The predicted molar refractivity (Wildman–Crippen MR) is 302 cm³/mol. The number of unbranched alkanes of at least 4 members (excludes halogenated alkanes) is 25. The van der Waals surface area contributed by atoms with E-state index in [0.717, 1.165) is 141 Å². The average Bonchev–Trinajstić information content (AvgIpc) is 3.36. The fraction of sp³-hybridized carbons (Fsp3) is 0.703. The third-order valence-electron chi connectivity index (χ3n) is 12.3. The van der Waals surface area contributed by atoms with Gasteiger partial charge in [0.2, 0.25) is 0 Å². The number of allylic oxidation sites excluding steroid dienone is 16. The molecular weight excluding hydrogens is 865 g/mol. The largest absolute Gasteiger partial charge is 0.462 e. The minimum absolute atomic E-state index is 0.0919. The Bertz CT molecular complexity index is 1400. The van der Waals surface area contributed by atoms with E-state index < -0.39 is 6.10 Å². The van der Waals surface area contributed by atoms with E-state index in [0.29, 0.717) is 19.3 Å². The minimum atomic E-state index is -0.793. The van der Waals surface area contributed by atoms with Crippen LogP contribution in [0.3, 0.4) is 0 Å². The molecule has 0 heterocycles. The van der Waals surface area contributed by atoms with Gasteiger partial charge in [0, 0.05) is 19.3 Å². The van der Waals surface area contributed by atoms with Crippen molar-refractivity contribution in [3.63, 3.8) is 0 Å². The number of carbonyl (C=O) groups is 3. The van der Waals surface area contributed by atoms with Crippen LogP contribution < -0.4 is 0 Å². The molecule has 0 aromatic rings. The van der Waals surface area contributed by atoms with Gasteiger partial charge in [-0.25, -0.2) is 0 Å². The molecule has 0 amide bonds. The molecule has 0 aliphatic carbocycles. The van der Waals surface area contributed by atoms with Crippen molar-refractivity contribution in [1.29, 1.82) is 0 Å². The van der Waals surface area contributed by atoms with E-state index in [9.17, 15) is 14.4 Å². The van der Waals surface area contributed by atoms with Gasteiger partial charge in [-0.3, -0.25) is 14.4 Å². The quantitative estimate of drug-likeness (QED) is 0.0262. The molecule has 0 saturated carbocycles. The molecule has 0 fully saturated rings. The maximum Gasteiger partial charge on any atom is 0.306 e. The van der Waals surface area contributed by atoms with Crippen LogP contribution >= 0.6 is 0 Å². The Balaban J connectivity index is 4.41. The number of esters is 3. The number of rotatable bonds is 52. The summed E-state index contributed by atoms with van der Waals surface area (Å²) in [5.41, 5.74) is 0. The molecule has 0 spiro atoms. The Morgan fingerprint density at radius 3 is 0.929 bits per heavy atom. The second kappa shape index (κ2) is 57.9. The fourth-order valence-corrected chi connectivity index (χ4v) is 7.95. The molecule has 1 unspecified atom stereocenters. The van der Waals surface area contributed by atoms with E-state index >= 15 is 0 Å². The van der Waals surface area contributed by atoms with Crippen LogP contribution in [-0.4, -0.2) is 37.2 Å². The van der Waals surface area contributed by atoms with Crippen molar-refractivity contribution >= 4 is 17.9 Å². The van der Waals surface area contributed by atoms with Crippen LogP contribution in [0.4, 0.5) is 0 Å². The summed E-state index contributed by atoms with van der Waals surface area (Å²) in [5.74, 6) is -0.924. The summed E-state index contributed by atoms with van der Waals surface area (Å²) in [6.07, 6.45) is 76.8. The maximum atomic E-state index is 12.9. The lowest BCUT2D eigenvalue weighted by atomic mass is 10.0. The Labute approximate surface area is 432 Å². The van der Waals surface area contributed by atoms with Crippen LogP contribution in [0.25, 0.3) is 0 Å². The van der Waals surface area contributed by atoms with Gasteiger partial charge in [-0.15, -0.1) is 0 Å². The Kier molecular flexibility index (Phi) is 54.9. The van der Waals surface area contributed by atoms with Crippen LogP contribution in [0.5, 0.6) is 0 Å². The van der Waals surface area contributed by atoms with E-state index in [2.05, 4.69) is 118 Å². The zero-order chi connectivity index (χ0) is 50.7. The Morgan fingerprint density at radius 1 is 0.300 bits per heavy atom. The molecule has 1 atom stereocenters. The average molecular weight is 974 g/mol. The topological polar surface area (TPSA) is 78.9 Å². The molecule has 0 bridgehead atoms. The summed E-state index contributed by atoms with van der Waals surface area (Å²) in [4.78, 5) is 38.2. The molecule has 6 heteroatoms. The van der Waals surface area contributed by atoms with Crippen LogP contribution in [0.1, 0.15) is 271 Å². The van der Waals surface area contributed by atoms with Gasteiger partial charge in [0.1, 0.15) is 13.2 Å². The van der Waals surface area contributed by atoms with Crippen LogP contribution in [0, 0.1) is 0 Å². The Hall–Kier alpha value is -3.67. The highest BCUT2D eigenvalue weighted by Crippen LogP contribution is 2.16. The fourth-order valence-electron chi connectivity index (χ4n) is 7.95. The number of hydrogen-bond acceptors (Lipinski definition) is 6. The summed E-state index contributed by atoms with van der Waals surface area (Å²) in [5, 5.41) is 0. The number of hydrogen-bond donors (Lipinski definition) is 0. The van der Waals surface area contributed by atoms with Crippen LogP contribution in [0.2, 0.25) is 0 Å². The molecule has 70 heavy (non-hydrogen) atoms. The van der Waals surface area contributed by atoms with Crippen molar-refractivity contribution < 1.29 is 28.6 Å². The first-order chi connectivity index (χ1) is 34.5. The predicted octanol–water partition coefficient (Wildman–Crippen LogP) is 19.7. The molecule has 0 saturated heterocycles. The minimum Gasteiger partial charge on any atom is -0.462 e. The smallest absolute Gasteiger partial charge is 0.306 e. The standard InChI is InChI=1S/C64H108O6/c1-4-7-10-13-16-19-22-25-27-29-30-31-32-33-34-35-37-39-42-45-48-51-54-57-63(66)69-60-61(59-68-62(65)56-53-50-47-44-41-38-24-21-18-15-12-9-6-3)70-64(67)58-55-52-49-46-43-40-36-28-26-23-20-17-14-11-8-5-2/h7,10,12,15-16,19,21,24-25,27,30-31,33-34,37,39,61H,4-6,8-9,11,13-14,17-18,20,22-23,26,28-29,32,35-36,38,40-60H2,1-3H3/b10-7-,15-12-,19-16-,24-21-,27-25-,31-30-,34-33-,39-37-. The van der Waals surface area contributed by atoms with Gasteiger partial charge in [0.05, 0.1) is 0 Å². The van der Waals surface area contributed by atoms with Gasteiger partial charge in [-0.1, -0.05) is 253 Å². The first kappa shape index (κ1) is 66.3. The van der Waals surface area contributed by atoms with Gasteiger partial charge in [-0.2, -0.15) is 0 Å².